The summed E-state index contributed by atoms with van der Waals surface area (Å²) in [6, 6.07) is 5.78. The van der Waals surface area contributed by atoms with E-state index in [1.165, 1.54) is 18.2 Å². The molecule has 0 spiro atoms. The lowest BCUT2D eigenvalue weighted by atomic mass is 9.89. The van der Waals surface area contributed by atoms with E-state index in [0.717, 1.165) is 32.1 Å². The van der Waals surface area contributed by atoms with E-state index in [2.05, 4.69) is 10.9 Å². The largest absolute Gasteiger partial charge is 0.477 e. The van der Waals surface area contributed by atoms with Crippen LogP contribution in [0, 0.1) is 16.0 Å². The molecule has 23 heavy (non-hydrogen) atoms. The molecule has 0 heterocycles. The number of nitrogens with zero attached hydrogens (tertiary/aromatic N) is 1. The number of hydrazine groups is 1. The van der Waals surface area contributed by atoms with Crippen LogP contribution in [0.3, 0.4) is 0 Å². The maximum Gasteiger partial charge on any atom is 0.310 e. The first-order valence-electron chi connectivity index (χ1n) is 7.53. The second-order valence-corrected chi connectivity index (χ2v) is 5.39. The van der Waals surface area contributed by atoms with Crippen molar-refractivity contribution in [1.82, 2.24) is 10.9 Å². The molecular weight excluding hydrogens is 302 g/mol. The Kier molecular flexibility index (Phi) is 5.90. The summed E-state index contributed by atoms with van der Waals surface area (Å²) in [7, 11) is 0. The summed E-state index contributed by atoms with van der Waals surface area (Å²) >= 11 is 0. The Hall–Kier alpha value is -2.64. The van der Waals surface area contributed by atoms with Crippen LogP contribution in [-0.2, 0) is 9.59 Å². The van der Waals surface area contributed by atoms with Crippen LogP contribution in [0.2, 0.25) is 0 Å². The van der Waals surface area contributed by atoms with Crippen molar-refractivity contribution in [2.75, 3.05) is 6.61 Å². The summed E-state index contributed by atoms with van der Waals surface area (Å²) in [5.74, 6) is -0.845. The van der Waals surface area contributed by atoms with Gasteiger partial charge in [-0.2, -0.15) is 0 Å². The van der Waals surface area contributed by atoms with E-state index in [-0.39, 0.29) is 23.3 Å². The van der Waals surface area contributed by atoms with Crippen molar-refractivity contribution in [3.05, 3.63) is 34.4 Å². The molecule has 0 radical (unpaired) electrons. The summed E-state index contributed by atoms with van der Waals surface area (Å²) in [5, 5.41) is 10.8. The number of amides is 2. The lowest BCUT2D eigenvalue weighted by Crippen LogP contribution is -2.46. The van der Waals surface area contributed by atoms with E-state index in [0.29, 0.717) is 0 Å². The third-order valence-electron chi connectivity index (χ3n) is 3.72. The van der Waals surface area contributed by atoms with Gasteiger partial charge in [-0.1, -0.05) is 31.4 Å². The standard InChI is InChI=1S/C15H19N3O5/c19-14(16-17-15(20)11-6-2-1-3-7-11)10-23-13-9-5-4-8-12(13)18(21)22/h4-5,8-9,11H,1-3,6-7,10H2,(H,16,19)(H,17,20). The highest BCUT2D eigenvalue weighted by atomic mass is 16.6. The van der Waals surface area contributed by atoms with Crippen LogP contribution >= 0.6 is 0 Å². The van der Waals surface area contributed by atoms with E-state index < -0.39 is 17.4 Å². The smallest absolute Gasteiger partial charge is 0.310 e. The minimum atomic E-state index is -0.585. The molecule has 8 heteroatoms. The molecule has 0 bridgehead atoms. The van der Waals surface area contributed by atoms with Gasteiger partial charge in [0.05, 0.1) is 4.92 Å². The van der Waals surface area contributed by atoms with Crippen molar-refractivity contribution in [2.24, 2.45) is 5.92 Å². The number of nitrogens with one attached hydrogen (secondary N) is 2. The Morgan fingerprint density at radius 1 is 1.17 bits per heavy atom. The quantitative estimate of drug-likeness (QED) is 0.633. The molecule has 0 atom stereocenters. The van der Waals surface area contributed by atoms with Gasteiger partial charge in [0.15, 0.2) is 12.4 Å². The molecule has 1 saturated carbocycles. The van der Waals surface area contributed by atoms with Crippen LogP contribution in [0.25, 0.3) is 0 Å². The Morgan fingerprint density at radius 3 is 2.57 bits per heavy atom. The zero-order valence-electron chi connectivity index (χ0n) is 12.6. The van der Waals surface area contributed by atoms with Crippen LogP contribution < -0.4 is 15.6 Å². The average Bonchev–Trinajstić information content (AvgIpc) is 2.58. The van der Waals surface area contributed by atoms with Gasteiger partial charge in [-0.15, -0.1) is 0 Å². The number of hydrogen-bond acceptors (Lipinski definition) is 5. The molecule has 0 unspecified atom stereocenters. The Labute approximate surface area is 133 Å². The Morgan fingerprint density at radius 2 is 1.87 bits per heavy atom. The number of nitro groups is 1. The van der Waals surface area contributed by atoms with Crippen LogP contribution in [0.5, 0.6) is 5.75 Å². The van der Waals surface area contributed by atoms with Crippen molar-refractivity contribution in [3.8, 4) is 5.75 Å². The van der Waals surface area contributed by atoms with Crippen molar-refractivity contribution in [1.29, 1.82) is 0 Å². The number of hydrogen-bond donors (Lipinski definition) is 2. The zero-order chi connectivity index (χ0) is 16.7. The summed E-state index contributed by atoms with van der Waals surface area (Å²) in [5.41, 5.74) is 4.42. The Balaban J connectivity index is 1.77. The lowest BCUT2D eigenvalue weighted by Gasteiger charge is -2.20. The number of carbonyl (C=O) groups excluding carboxylic acids is 2. The highest BCUT2D eigenvalue weighted by Gasteiger charge is 2.21. The maximum absolute atomic E-state index is 11.9. The van der Waals surface area contributed by atoms with Crippen LogP contribution in [0.15, 0.2) is 24.3 Å². The molecule has 8 nitrogen and oxygen atoms in total. The molecule has 0 aromatic heterocycles. The van der Waals surface area contributed by atoms with Crippen molar-refractivity contribution >= 4 is 17.5 Å². The topological polar surface area (TPSA) is 111 Å². The number of para-hydroxylation sites is 2. The molecule has 124 valence electrons. The highest BCUT2D eigenvalue weighted by Crippen LogP contribution is 2.25. The first kappa shape index (κ1) is 16.7. The third-order valence-corrected chi connectivity index (χ3v) is 3.72. The minimum Gasteiger partial charge on any atom is -0.477 e. The predicted octanol–water partition coefficient (Wildman–Crippen LogP) is 1.70. The lowest BCUT2D eigenvalue weighted by molar-refractivity contribution is -0.385. The predicted molar refractivity (Wildman–Crippen MR) is 81.5 cm³/mol. The fourth-order valence-corrected chi connectivity index (χ4v) is 2.51. The number of carbonyl (C=O) groups is 2. The van der Waals surface area contributed by atoms with Gasteiger partial charge in [0.2, 0.25) is 5.91 Å². The molecular formula is C15H19N3O5. The summed E-state index contributed by atoms with van der Waals surface area (Å²) in [4.78, 5) is 33.8. The number of nitro benzene ring substituents is 1. The first-order valence-corrected chi connectivity index (χ1v) is 7.53. The summed E-state index contributed by atoms with van der Waals surface area (Å²) in [6.45, 7) is -0.421. The molecule has 2 amide bonds. The molecule has 2 rings (SSSR count). The highest BCUT2D eigenvalue weighted by molar-refractivity contribution is 5.84. The minimum absolute atomic E-state index is 0.00579. The molecule has 1 aliphatic carbocycles. The fraction of sp³-hybridized carbons (Fsp3) is 0.467. The van der Waals surface area contributed by atoms with Crippen LogP contribution in [0.4, 0.5) is 5.69 Å². The van der Waals surface area contributed by atoms with Crippen molar-refractivity contribution in [3.63, 3.8) is 0 Å². The molecule has 0 saturated heterocycles. The van der Waals surface area contributed by atoms with E-state index in [9.17, 15) is 19.7 Å². The summed E-state index contributed by atoms with van der Waals surface area (Å²) < 4.78 is 5.13. The Bertz CT molecular complexity index is 584. The second kappa shape index (κ2) is 8.11. The van der Waals surface area contributed by atoms with Gasteiger partial charge in [0.25, 0.3) is 5.91 Å². The molecule has 0 aliphatic heterocycles. The monoisotopic (exact) mass is 321 g/mol. The molecule has 1 aromatic rings. The van der Waals surface area contributed by atoms with Crippen molar-refractivity contribution < 1.29 is 19.2 Å². The average molecular weight is 321 g/mol. The second-order valence-electron chi connectivity index (χ2n) is 5.39. The van der Waals surface area contributed by atoms with E-state index in [4.69, 9.17) is 4.74 Å². The number of rotatable bonds is 5. The van der Waals surface area contributed by atoms with Crippen LogP contribution in [-0.4, -0.2) is 23.3 Å². The van der Waals surface area contributed by atoms with Crippen molar-refractivity contribution in [2.45, 2.75) is 32.1 Å². The van der Waals surface area contributed by atoms with E-state index in [1.807, 2.05) is 0 Å². The van der Waals surface area contributed by atoms with Gasteiger partial charge in [-0.25, -0.2) is 0 Å². The SMILES string of the molecule is O=C(COc1ccccc1[N+](=O)[O-])NNC(=O)C1CCCCC1. The third kappa shape index (κ3) is 4.94. The van der Waals surface area contributed by atoms with Gasteiger partial charge in [0.1, 0.15) is 0 Å². The van der Waals surface area contributed by atoms with Crippen LogP contribution in [0.1, 0.15) is 32.1 Å². The van der Waals surface area contributed by atoms with E-state index in [1.54, 1.807) is 6.07 Å². The molecule has 1 fully saturated rings. The summed E-state index contributed by atoms with van der Waals surface area (Å²) in [6.07, 6.45) is 4.84. The normalized spacial score (nSPS) is 14.8. The van der Waals surface area contributed by atoms with Gasteiger partial charge in [0, 0.05) is 12.0 Å². The number of benzene rings is 1. The molecule has 1 aromatic carbocycles. The molecule has 2 N–H and O–H groups in total. The first-order chi connectivity index (χ1) is 11.1. The van der Waals surface area contributed by atoms with E-state index >= 15 is 0 Å². The van der Waals surface area contributed by atoms with Gasteiger partial charge in [-0.3, -0.25) is 30.6 Å². The number of ether oxygens (including phenoxy) is 1. The fourth-order valence-electron chi connectivity index (χ4n) is 2.51. The maximum atomic E-state index is 11.9. The zero-order valence-corrected chi connectivity index (χ0v) is 12.6. The van der Waals surface area contributed by atoms with Gasteiger partial charge < -0.3 is 4.74 Å². The van der Waals surface area contributed by atoms with Gasteiger partial charge >= 0.3 is 5.69 Å². The van der Waals surface area contributed by atoms with Gasteiger partial charge in [-0.05, 0) is 18.9 Å². The molecule has 1 aliphatic rings.